The van der Waals surface area contributed by atoms with E-state index in [-0.39, 0.29) is 0 Å². The molecule has 0 aliphatic rings. The zero-order valence-electron chi connectivity index (χ0n) is 15.0. The summed E-state index contributed by atoms with van der Waals surface area (Å²) >= 11 is 0. The van der Waals surface area contributed by atoms with Gasteiger partial charge in [0, 0.05) is 6.42 Å². The van der Waals surface area contributed by atoms with E-state index in [1.54, 1.807) is 0 Å². The van der Waals surface area contributed by atoms with Crippen molar-refractivity contribution in [1.82, 2.24) is 0 Å². The van der Waals surface area contributed by atoms with Gasteiger partial charge in [0.1, 0.15) is 0 Å². The molecule has 130 valence electrons. The molecule has 0 spiro atoms. The van der Waals surface area contributed by atoms with Gasteiger partial charge in [0.15, 0.2) is 0 Å². The van der Waals surface area contributed by atoms with Crippen LogP contribution >= 0.6 is 0 Å². The molecule has 1 N–H and O–H groups in total. The SMILES string of the molecule is CCCCCCCCCCCC=CCC(CC)CCC(=O)O. The van der Waals surface area contributed by atoms with E-state index in [1.165, 1.54) is 64.2 Å². The molecule has 2 nitrogen and oxygen atoms in total. The Labute approximate surface area is 138 Å². The lowest BCUT2D eigenvalue weighted by atomic mass is 9.96. The molecule has 0 saturated carbocycles. The van der Waals surface area contributed by atoms with Crippen molar-refractivity contribution in [1.29, 1.82) is 0 Å². The molecule has 0 bridgehead atoms. The summed E-state index contributed by atoms with van der Waals surface area (Å²) in [7, 11) is 0. The van der Waals surface area contributed by atoms with Crippen LogP contribution in [-0.2, 0) is 4.79 Å². The topological polar surface area (TPSA) is 37.3 Å². The van der Waals surface area contributed by atoms with Crippen molar-refractivity contribution in [3.8, 4) is 0 Å². The highest BCUT2D eigenvalue weighted by Gasteiger charge is 2.06. The Morgan fingerprint density at radius 3 is 2.05 bits per heavy atom. The Kier molecular flexibility index (Phi) is 16.0. The van der Waals surface area contributed by atoms with Gasteiger partial charge >= 0.3 is 5.97 Å². The summed E-state index contributed by atoms with van der Waals surface area (Å²) in [6.45, 7) is 4.42. The van der Waals surface area contributed by atoms with Crippen LogP contribution in [0.5, 0.6) is 0 Å². The number of carbonyl (C=O) groups is 1. The lowest BCUT2D eigenvalue weighted by Gasteiger charge is -2.10. The summed E-state index contributed by atoms with van der Waals surface area (Å²) in [5.74, 6) is -0.132. The van der Waals surface area contributed by atoms with Crippen LogP contribution in [0.1, 0.15) is 104 Å². The number of carboxylic acids is 1. The van der Waals surface area contributed by atoms with Crippen molar-refractivity contribution in [3.05, 3.63) is 12.2 Å². The molecule has 0 amide bonds. The maximum absolute atomic E-state index is 10.6. The quantitative estimate of drug-likeness (QED) is 0.253. The summed E-state index contributed by atoms with van der Waals surface area (Å²) in [6, 6.07) is 0. The van der Waals surface area contributed by atoms with Crippen LogP contribution in [0.3, 0.4) is 0 Å². The van der Waals surface area contributed by atoms with E-state index in [9.17, 15) is 4.79 Å². The van der Waals surface area contributed by atoms with Crippen molar-refractivity contribution >= 4 is 5.97 Å². The largest absolute Gasteiger partial charge is 0.481 e. The van der Waals surface area contributed by atoms with Gasteiger partial charge in [-0.2, -0.15) is 0 Å². The van der Waals surface area contributed by atoms with E-state index in [4.69, 9.17) is 5.11 Å². The lowest BCUT2D eigenvalue weighted by Crippen LogP contribution is -2.02. The number of hydrogen-bond donors (Lipinski definition) is 1. The number of unbranched alkanes of at least 4 members (excludes halogenated alkanes) is 9. The summed E-state index contributed by atoms with van der Waals surface area (Å²) in [5.41, 5.74) is 0. The van der Waals surface area contributed by atoms with E-state index in [0.717, 1.165) is 19.3 Å². The molecule has 0 aromatic rings. The molecule has 1 atom stereocenters. The van der Waals surface area contributed by atoms with Gasteiger partial charge in [-0.25, -0.2) is 0 Å². The summed E-state index contributed by atoms with van der Waals surface area (Å²) in [6.07, 6.45) is 21.4. The molecule has 0 aromatic heterocycles. The Bertz CT molecular complexity index is 271. The zero-order chi connectivity index (χ0) is 16.5. The van der Waals surface area contributed by atoms with Gasteiger partial charge in [0.2, 0.25) is 0 Å². The van der Waals surface area contributed by atoms with Gasteiger partial charge in [-0.1, -0.05) is 83.8 Å². The van der Waals surface area contributed by atoms with E-state index in [1.807, 2.05) is 0 Å². The molecule has 0 fully saturated rings. The lowest BCUT2D eigenvalue weighted by molar-refractivity contribution is -0.137. The summed E-state index contributed by atoms with van der Waals surface area (Å²) < 4.78 is 0. The second-order valence-electron chi connectivity index (χ2n) is 6.53. The minimum Gasteiger partial charge on any atom is -0.481 e. The first-order chi connectivity index (χ1) is 10.7. The number of hydrogen-bond acceptors (Lipinski definition) is 1. The van der Waals surface area contributed by atoms with Crippen LogP contribution < -0.4 is 0 Å². The smallest absolute Gasteiger partial charge is 0.303 e. The van der Waals surface area contributed by atoms with Crippen molar-refractivity contribution < 1.29 is 9.90 Å². The molecule has 0 aliphatic carbocycles. The highest BCUT2D eigenvalue weighted by Crippen LogP contribution is 2.16. The minimum absolute atomic E-state index is 0.310. The Morgan fingerprint density at radius 2 is 1.50 bits per heavy atom. The average Bonchev–Trinajstić information content (AvgIpc) is 2.51. The molecular formula is C20H38O2. The van der Waals surface area contributed by atoms with Gasteiger partial charge in [0.25, 0.3) is 0 Å². The van der Waals surface area contributed by atoms with Gasteiger partial charge < -0.3 is 5.11 Å². The first kappa shape index (κ1) is 21.2. The molecule has 0 radical (unpaired) electrons. The zero-order valence-corrected chi connectivity index (χ0v) is 15.0. The van der Waals surface area contributed by atoms with Crippen molar-refractivity contribution in [2.24, 2.45) is 5.92 Å². The van der Waals surface area contributed by atoms with E-state index < -0.39 is 5.97 Å². The average molecular weight is 311 g/mol. The van der Waals surface area contributed by atoms with E-state index >= 15 is 0 Å². The summed E-state index contributed by atoms with van der Waals surface area (Å²) in [4.78, 5) is 10.6. The maximum atomic E-state index is 10.6. The molecule has 1 unspecified atom stereocenters. The van der Waals surface area contributed by atoms with Gasteiger partial charge in [0.05, 0.1) is 0 Å². The third-order valence-electron chi connectivity index (χ3n) is 4.45. The second-order valence-corrected chi connectivity index (χ2v) is 6.53. The molecule has 0 aliphatic heterocycles. The van der Waals surface area contributed by atoms with Crippen LogP contribution in [0.2, 0.25) is 0 Å². The first-order valence-electron chi connectivity index (χ1n) is 9.57. The first-order valence-corrected chi connectivity index (χ1v) is 9.57. The minimum atomic E-state index is -0.669. The monoisotopic (exact) mass is 310 g/mol. The predicted octanol–water partition coefficient (Wildman–Crippen LogP) is 6.74. The molecular weight excluding hydrogens is 272 g/mol. The van der Waals surface area contributed by atoms with Gasteiger partial charge in [-0.05, 0) is 31.6 Å². The molecule has 0 saturated heterocycles. The number of allylic oxidation sites excluding steroid dienone is 2. The Hall–Kier alpha value is -0.790. The molecule has 22 heavy (non-hydrogen) atoms. The fourth-order valence-corrected chi connectivity index (χ4v) is 2.80. The maximum Gasteiger partial charge on any atom is 0.303 e. The van der Waals surface area contributed by atoms with E-state index in [0.29, 0.717) is 12.3 Å². The molecule has 0 heterocycles. The van der Waals surface area contributed by atoms with Gasteiger partial charge in [-0.15, -0.1) is 0 Å². The van der Waals surface area contributed by atoms with Gasteiger partial charge in [-0.3, -0.25) is 4.79 Å². The Morgan fingerprint density at radius 1 is 0.909 bits per heavy atom. The van der Waals surface area contributed by atoms with Crippen molar-refractivity contribution in [3.63, 3.8) is 0 Å². The van der Waals surface area contributed by atoms with Crippen molar-refractivity contribution in [2.45, 2.75) is 104 Å². The van der Waals surface area contributed by atoms with Crippen LogP contribution in [0.4, 0.5) is 0 Å². The fraction of sp³-hybridized carbons (Fsp3) is 0.850. The number of carboxylic acid groups (broad SMARTS) is 1. The molecule has 0 aromatic carbocycles. The Balaban J connectivity index is 3.37. The highest BCUT2D eigenvalue weighted by molar-refractivity contribution is 5.66. The second kappa shape index (κ2) is 16.6. The summed E-state index contributed by atoms with van der Waals surface area (Å²) in [5, 5.41) is 8.71. The van der Waals surface area contributed by atoms with Crippen LogP contribution in [0.15, 0.2) is 12.2 Å². The number of aliphatic carboxylic acids is 1. The van der Waals surface area contributed by atoms with E-state index in [2.05, 4.69) is 26.0 Å². The fourth-order valence-electron chi connectivity index (χ4n) is 2.80. The van der Waals surface area contributed by atoms with Crippen LogP contribution in [0, 0.1) is 5.92 Å². The normalized spacial score (nSPS) is 12.8. The molecule has 2 heteroatoms. The predicted molar refractivity (Wildman–Crippen MR) is 96.3 cm³/mol. The third kappa shape index (κ3) is 15.6. The van der Waals surface area contributed by atoms with Crippen LogP contribution in [0.25, 0.3) is 0 Å². The molecule has 0 rings (SSSR count). The van der Waals surface area contributed by atoms with Crippen molar-refractivity contribution in [2.75, 3.05) is 0 Å². The highest BCUT2D eigenvalue weighted by atomic mass is 16.4. The van der Waals surface area contributed by atoms with Crippen LogP contribution in [-0.4, -0.2) is 11.1 Å². The third-order valence-corrected chi connectivity index (χ3v) is 4.45. The standard InChI is InChI=1S/C20H38O2/c1-3-5-6-7-8-9-10-11-12-13-14-15-16-19(4-2)17-18-20(21)22/h14-15,19H,3-13,16-18H2,1-2H3,(H,21,22). The number of rotatable bonds is 16.